The van der Waals surface area contributed by atoms with Gasteiger partial charge >= 0.3 is 29.6 Å². The van der Waals surface area contributed by atoms with E-state index in [1.807, 2.05) is 0 Å². The predicted octanol–water partition coefficient (Wildman–Crippen LogP) is 0.218. The average molecular weight is 301 g/mol. The van der Waals surface area contributed by atoms with Gasteiger partial charge in [0.1, 0.15) is 17.3 Å². The number of nitro benzene ring substituents is 1. The Morgan fingerprint density at radius 2 is 2.00 bits per heavy atom. The number of benzene rings is 1. The molecule has 0 atom stereocenters. The predicted molar refractivity (Wildman–Crippen MR) is 67.4 cm³/mol. The number of methoxy groups -OCH3 is 1. The van der Waals surface area contributed by atoms with Gasteiger partial charge in [-0.05, 0) is 6.07 Å². The van der Waals surface area contributed by atoms with Crippen molar-refractivity contribution in [2.75, 3.05) is 20.3 Å². The van der Waals surface area contributed by atoms with Crippen molar-refractivity contribution in [3.8, 4) is 5.75 Å². The van der Waals surface area contributed by atoms with E-state index in [0.717, 1.165) is 18.2 Å². The SMILES string of the molecule is COCCOc1ccc([N+](=O)[O-])cc1S(=O)(=O)O.[NaH]. The van der Waals surface area contributed by atoms with Gasteiger partial charge in [0.15, 0.2) is 0 Å². The fraction of sp³-hybridized carbons (Fsp3) is 0.333. The van der Waals surface area contributed by atoms with Gasteiger partial charge in [-0.1, -0.05) is 0 Å². The molecular weight excluding hydrogens is 289 g/mol. The number of hydrogen-bond donors (Lipinski definition) is 1. The van der Waals surface area contributed by atoms with Crippen molar-refractivity contribution in [1.29, 1.82) is 0 Å². The zero-order chi connectivity index (χ0) is 13.8. The van der Waals surface area contributed by atoms with Crippen LogP contribution in [-0.2, 0) is 14.9 Å². The molecule has 0 spiro atoms. The Labute approximate surface area is 131 Å². The summed E-state index contributed by atoms with van der Waals surface area (Å²) in [4.78, 5) is 9.10. The molecule has 0 aliphatic heterocycles. The number of hydrogen-bond acceptors (Lipinski definition) is 6. The Balaban J connectivity index is 0.00000324. The van der Waals surface area contributed by atoms with E-state index in [4.69, 9.17) is 14.0 Å². The molecule has 1 N–H and O–H groups in total. The molecule has 0 aromatic heterocycles. The maximum atomic E-state index is 11.1. The van der Waals surface area contributed by atoms with Crippen LogP contribution in [-0.4, -0.2) is 67.8 Å². The second-order valence-electron chi connectivity index (χ2n) is 3.20. The van der Waals surface area contributed by atoms with Crippen LogP contribution in [0.3, 0.4) is 0 Å². The summed E-state index contributed by atoms with van der Waals surface area (Å²) < 4.78 is 40.9. The minimum absolute atomic E-state index is 0. The quantitative estimate of drug-likeness (QED) is 0.262. The Hall–Kier alpha value is -0.710. The molecule has 0 saturated heterocycles. The van der Waals surface area contributed by atoms with Crippen LogP contribution < -0.4 is 4.74 Å². The first-order valence-corrected chi connectivity index (χ1v) is 6.18. The Bertz CT molecular complexity index is 545. The van der Waals surface area contributed by atoms with E-state index in [2.05, 4.69) is 0 Å². The number of non-ortho nitro benzene ring substituents is 1. The number of nitro groups is 1. The fourth-order valence-corrected chi connectivity index (χ4v) is 1.82. The van der Waals surface area contributed by atoms with Crippen molar-refractivity contribution >= 4 is 45.4 Å². The van der Waals surface area contributed by atoms with Gasteiger partial charge in [0, 0.05) is 19.2 Å². The first-order valence-electron chi connectivity index (χ1n) is 4.74. The van der Waals surface area contributed by atoms with Crippen molar-refractivity contribution in [1.82, 2.24) is 0 Å². The van der Waals surface area contributed by atoms with Crippen LogP contribution >= 0.6 is 0 Å². The fourth-order valence-electron chi connectivity index (χ4n) is 1.17. The molecule has 0 amide bonds. The monoisotopic (exact) mass is 301 g/mol. The second-order valence-corrected chi connectivity index (χ2v) is 4.59. The number of nitrogens with zero attached hydrogens (tertiary/aromatic N) is 1. The van der Waals surface area contributed by atoms with Crippen LogP contribution in [0.2, 0.25) is 0 Å². The van der Waals surface area contributed by atoms with Gasteiger partial charge in [0.25, 0.3) is 15.8 Å². The molecule has 10 heteroatoms. The summed E-state index contributed by atoms with van der Waals surface area (Å²) in [6.07, 6.45) is 0. The molecule has 1 aromatic rings. The van der Waals surface area contributed by atoms with Gasteiger partial charge in [-0.15, -0.1) is 0 Å². The average Bonchev–Trinajstić information content (AvgIpc) is 2.28. The molecule has 102 valence electrons. The first-order chi connectivity index (χ1) is 8.36. The van der Waals surface area contributed by atoms with Crippen LogP contribution in [0.25, 0.3) is 0 Å². The van der Waals surface area contributed by atoms with Crippen LogP contribution in [0, 0.1) is 10.1 Å². The van der Waals surface area contributed by atoms with Gasteiger partial charge < -0.3 is 9.47 Å². The first kappa shape index (κ1) is 18.3. The molecular formula is C9H12NNaO7S. The van der Waals surface area contributed by atoms with E-state index in [1.54, 1.807) is 0 Å². The summed E-state index contributed by atoms with van der Waals surface area (Å²) in [5.41, 5.74) is -0.457. The topological polar surface area (TPSA) is 116 Å². The maximum absolute atomic E-state index is 11.1. The van der Waals surface area contributed by atoms with Crippen molar-refractivity contribution in [3.05, 3.63) is 28.3 Å². The van der Waals surface area contributed by atoms with E-state index in [9.17, 15) is 18.5 Å². The zero-order valence-corrected chi connectivity index (χ0v) is 10.2. The molecule has 0 fully saturated rings. The van der Waals surface area contributed by atoms with Crippen LogP contribution in [0.1, 0.15) is 0 Å². The molecule has 19 heavy (non-hydrogen) atoms. The molecule has 0 radical (unpaired) electrons. The standard InChI is InChI=1S/C9H11NO7S.Na.H/c1-16-4-5-17-8-3-2-7(10(11)12)6-9(8)18(13,14)15;;/h2-3,6H,4-5H2,1H3,(H,13,14,15);;. The normalized spacial score (nSPS) is 10.6. The number of ether oxygens (including phenoxy) is 2. The third-order valence-corrected chi connectivity index (χ3v) is 2.84. The summed E-state index contributed by atoms with van der Waals surface area (Å²) in [6, 6.07) is 2.92. The molecule has 0 heterocycles. The van der Waals surface area contributed by atoms with Gasteiger partial charge in [0.2, 0.25) is 0 Å². The summed E-state index contributed by atoms with van der Waals surface area (Å²) in [5.74, 6) is -0.167. The van der Waals surface area contributed by atoms with Crippen LogP contribution in [0.5, 0.6) is 5.75 Å². The molecule has 0 saturated carbocycles. The van der Waals surface area contributed by atoms with Crippen molar-refractivity contribution in [3.63, 3.8) is 0 Å². The molecule has 0 unspecified atom stereocenters. The molecule has 1 aromatic carbocycles. The summed E-state index contributed by atoms with van der Waals surface area (Å²) >= 11 is 0. The van der Waals surface area contributed by atoms with E-state index in [0.29, 0.717) is 0 Å². The molecule has 8 nitrogen and oxygen atoms in total. The van der Waals surface area contributed by atoms with E-state index in [-0.39, 0.29) is 48.5 Å². The third-order valence-electron chi connectivity index (χ3n) is 1.96. The summed E-state index contributed by atoms with van der Waals surface area (Å²) in [5, 5.41) is 10.5. The summed E-state index contributed by atoms with van der Waals surface area (Å²) in [7, 11) is -3.16. The van der Waals surface area contributed by atoms with E-state index >= 15 is 0 Å². The van der Waals surface area contributed by atoms with Crippen molar-refractivity contribution in [2.45, 2.75) is 4.90 Å². The van der Waals surface area contributed by atoms with Gasteiger partial charge in [-0.25, -0.2) is 0 Å². The van der Waals surface area contributed by atoms with E-state index in [1.165, 1.54) is 7.11 Å². The van der Waals surface area contributed by atoms with Crippen molar-refractivity contribution in [2.24, 2.45) is 0 Å². The molecule has 0 bridgehead atoms. The molecule has 1 rings (SSSR count). The number of rotatable bonds is 6. The van der Waals surface area contributed by atoms with Gasteiger partial charge in [-0.3, -0.25) is 14.7 Å². The van der Waals surface area contributed by atoms with Crippen LogP contribution in [0.15, 0.2) is 23.1 Å². The second kappa shape index (κ2) is 7.78. The Kier molecular flexibility index (Phi) is 7.49. The Morgan fingerprint density at radius 3 is 2.47 bits per heavy atom. The summed E-state index contributed by atoms with van der Waals surface area (Å²) in [6.45, 7) is 0.263. The Morgan fingerprint density at radius 1 is 1.37 bits per heavy atom. The molecule has 0 aliphatic carbocycles. The van der Waals surface area contributed by atoms with Gasteiger partial charge in [-0.2, -0.15) is 8.42 Å². The van der Waals surface area contributed by atoms with E-state index < -0.39 is 25.6 Å². The van der Waals surface area contributed by atoms with Crippen molar-refractivity contribution < 1.29 is 27.4 Å². The van der Waals surface area contributed by atoms with Gasteiger partial charge in [0.05, 0.1) is 11.5 Å². The minimum atomic E-state index is -4.60. The molecule has 0 aliphatic rings. The zero-order valence-electron chi connectivity index (χ0n) is 9.40. The van der Waals surface area contributed by atoms with Crippen LogP contribution in [0.4, 0.5) is 5.69 Å². The third kappa shape index (κ3) is 5.43.